The van der Waals surface area contributed by atoms with E-state index >= 15 is 0 Å². The van der Waals surface area contributed by atoms with E-state index in [9.17, 15) is 14.7 Å². The van der Waals surface area contributed by atoms with E-state index in [4.69, 9.17) is 16.3 Å². The number of hydrogen-bond acceptors (Lipinski definition) is 4. The Morgan fingerprint density at radius 2 is 1.96 bits per heavy atom. The molecule has 0 atom stereocenters. The quantitative estimate of drug-likeness (QED) is 0.484. The van der Waals surface area contributed by atoms with Crippen molar-refractivity contribution in [2.75, 3.05) is 7.11 Å². The average Bonchev–Trinajstić information content (AvgIpc) is 2.53. The van der Waals surface area contributed by atoms with Crippen molar-refractivity contribution in [3.05, 3.63) is 64.2 Å². The van der Waals surface area contributed by atoms with Crippen LogP contribution < -0.4 is 4.74 Å². The first-order valence-corrected chi connectivity index (χ1v) is 7.66. The van der Waals surface area contributed by atoms with Crippen LogP contribution in [0, 0.1) is 6.92 Å². The second-order valence-electron chi connectivity index (χ2n) is 5.29. The number of allylic oxidation sites excluding steroid dienone is 1. The second kappa shape index (κ2) is 7.79. The van der Waals surface area contributed by atoms with Crippen molar-refractivity contribution in [2.45, 2.75) is 13.3 Å². The number of benzene rings is 2. The van der Waals surface area contributed by atoms with Gasteiger partial charge in [-0.25, -0.2) is 0 Å². The van der Waals surface area contributed by atoms with Gasteiger partial charge >= 0.3 is 0 Å². The highest BCUT2D eigenvalue weighted by atomic mass is 35.5. The number of hydrogen-bond donors (Lipinski definition) is 1. The molecular formula is C19H17ClO4. The normalized spacial score (nSPS) is 10.8. The van der Waals surface area contributed by atoms with Gasteiger partial charge < -0.3 is 9.84 Å². The summed E-state index contributed by atoms with van der Waals surface area (Å²) in [4.78, 5) is 24.2. The van der Waals surface area contributed by atoms with Gasteiger partial charge in [0.1, 0.15) is 0 Å². The lowest BCUT2D eigenvalue weighted by atomic mass is 10.0. The molecule has 2 aromatic carbocycles. The maximum Gasteiger partial charge on any atom is 0.170 e. The fourth-order valence-corrected chi connectivity index (χ4v) is 2.47. The van der Waals surface area contributed by atoms with Crippen molar-refractivity contribution in [2.24, 2.45) is 0 Å². The van der Waals surface area contributed by atoms with Crippen LogP contribution in [0.3, 0.4) is 0 Å². The van der Waals surface area contributed by atoms with Crippen LogP contribution in [-0.2, 0) is 4.79 Å². The standard InChI is InChI=1S/C19H17ClO4/c1-12-9-14(20)5-7-16(12)18(23)11-15(21)6-3-13-4-8-17(22)19(10-13)24-2/h3-10,22H,11H2,1-2H3/b6-3+. The van der Waals surface area contributed by atoms with Crippen LogP contribution in [0.5, 0.6) is 11.5 Å². The summed E-state index contributed by atoms with van der Waals surface area (Å²) >= 11 is 5.86. The third-order valence-electron chi connectivity index (χ3n) is 3.49. The number of methoxy groups -OCH3 is 1. The van der Waals surface area contributed by atoms with Crippen LogP contribution >= 0.6 is 11.6 Å². The molecule has 4 nitrogen and oxygen atoms in total. The maximum atomic E-state index is 12.2. The molecule has 0 radical (unpaired) electrons. The van der Waals surface area contributed by atoms with Gasteiger partial charge in [-0.1, -0.05) is 23.7 Å². The van der Waals surface area contributed by atoms with E-state index in [0.717, 1.165) is 5.56 Å². The summed E-state index contributed by atoms with van der Waals surface area (Å²) in [5, 5.41) is 10.1. The molecule has 5 heteroatoms. The minimum Gasteiger partial charge on any atom is -0.504 e. The topological polar surface area (TPSA) is 63.6 Å². The van der Waals surface area contributed by atoms with Crippen LogP contribution in [0.15, 0.2) is 42.5 Å². The highest BCUT2D eigenvalue weighted by Gasteiger charge is 2.12. The predicted molar refractivity (Wildman–Crippen MR) is 93.8 cm³/mol. The van der Waals surface area contributed by atoms with Crippen molar-refractivity contribution in [3.8, 4) is 11.5 Å². The van der Waals surface area contributed by atoms with Gasteiger partial charge in [0.2, 0.25) is 0 Å². The van der Waals surface area contributed by atoms with Crippen molar-refractivity contribution >= 4 is 29.2 Å². The SMILES string of the molecule is COc1cc(/C=C/C(=O)CC(=O)c2ccc(Cl)cc2C)ccc1O. The zero-order chi connectivity index (χ0) is 17.7. The highest BCUT2D eigenvalue weighted by molar-refractivity contribution is 6.30. The molecule has 0 aliphatic rings. The van der Waals surface area contributed by atoms with Crippen LogP contribution in [0.4, 0.5) is 0 Å². The van der Waals surface area contributed by atoms with Crippen LogP contribution in [-0.4, -0.2) is 23.8 Å². The number of rotatable bonds is 6. The summed E-state index contributed by atoms with van der Waals surface area (Å²) in [5.74, 6) is -0.213. The molecule has 0 spiro atoms. The van der Waals surface area contributed by atoms with Crippen molar-refractivity contribution in [1.82, 2.24) is 0 Å². The first-order valence-electron chi connectivity index (χ1n) is 7.28. The molecule has 2 rings (SSSR count). The van der Waals surface area contributed by atoms with E-state index in [2.05, 4.69) is 0 Å². The molecule has 0 saturated heterocycles. The van der Waals surface area contributed by atoms with Gasteiger partial charge in [-0.05, 0) is 54.5 Å². The summed E-state index contributed by atoms with van der Waals surface area (Å²) in [6.07, 6.45) is 2.70. The number of phenols is 1. The molecule has 0 unspecified atom stereocenters. The molecule has 0 aromatic heterocycles. The van der Waals surface area contributed by atoms with Gasteiger partial charge in [0, 0.05) is 10.6 Å². The fraction of sp³-hybridized carbons (Fsp3) is 0.158. The predicted octanol–water partition coefficient (Wildman–Crippen LogP) is 4.22. The summed E-state index contributed by atoms with van der Waals surface area (Å²) in [6.45, 7) is 1.78. The number of carbonyl (C=O) groups is 2. The minimum absolute atomic E-state index is 0.0226. The Labute approximate surface area is 145 Å². The number of ketones is 2. The molecule has 124 valence electrons. The maximum absolute atomic E-state index is 12.2. The lowest BCUT2D eigenvalue weighted by Gasteiger charge is -2.04. The largest absolute Gasteiger partial charge is 0.504 e. The molecule has 0 amide bonds. The zero-order valence-corrected chi connectivity index (χ0v) is 14.1. The lowest BCUT2D eigenvalue weighted by Crippen LogP contribution is -2.07. The molecule has 0 aliphatic carbocycles. The van der Waals surface area contributed by atoms with E-state index in [1.807, 2.05) is 0 Å². The molecule has 2 aromatic rings. The molecular weight excluding hydrogens is 328 g/mol. The number of aryl methyl sites for hydroxylation is 1. The Balaban J connectivity index is 2.06. The molecule has 0 aliphatic heterocycles. The Hall–Kier alpha value is -2.59. The molecule has 1 N–H and O–H groups in total. The number of carbonyl (C=O) groups excluding carboxylic acids is 2. The summed E-state index contributed by atoms with van der Waals surface area (Å²) in [6, 6.07) is 9.67. The van der Waals surface area contributed by atoms with Crippen LogP contribution in [0.1, 0.15) is 27.9 Å². The van der Waals surface area contributed by atoms with Gasteiger partial charge in [0.05, 0.1) is 13.5 Å². The Morgan fingerprint density at radius 1 is 1.21 bits per heavy atom. The summed E-state index contributed by atoms with van der Waals surface area (Å²) in [5.41, 5.74) is 1.92. The number of Topliss-reactive ketones (excluding diaryl/α,β-unsaturated/α-hetero) is 1. The second-order valence-corrected chi connectivity index (χ2v) is 5.73. The Bertz CT molecular complexity index is 809. The lowest BCUT2D eigenvalue weighted by molar-refractivity contribution is -0.113. The molecule has 0 heterocycles. The third-order valence-corrected chi connectivity index (χ3v) is 3.72. The number of halogens is 1. The third kappa shape index (κ3) is 4.46. The molecule has 0 fully saturated rings. The van der Waals surface area contributed by atoms with E-state index in [1.165, 1.54) is 19.3 Å². The smallest absolute Gasteiger partial charge is 0.170 e. The van der Waals surface area contributed by atoms with Gasteiger partial charge in [-0.3, -0.25) is 9.59 Å². The van der Waals surface area contributed by atoms with Crippen LogP contribution in [0.25, 0.3) is 6.08 Å². The highest BCUT2D eigenvalue weighted by Crippen LogP contribution is 2.26. The van der Waals surface area contributed by atoms with Gasteiger partial charge in [0.15, 0.2) is 23.1 Å². The van der Waals surface area contributed by atoms with E-state index in [-0.39, 0.29) is 23.7 Å². The van der Waals surface area contributed by atoms with Crippen LogP contribution in [0.2, 0.25) is 5.02 Å². The number of ether oxygens (including phenoxy) is 1. The zero-order valence-electron chi connectivity index (χ0n) is 13.4. The number of phenolic OH excluding ortho intramolecular Hbond substituents is 1. The van der Waals surface area contributed by atoms with Crippen molar-refractivity contribution in [3.63, 3.8) is 0 Å². The monoisotopic (exact) mass is 344 g/mol. The summed E-state index contributed by atoms with van der Waals surface area (Å²) < 4.78 is 5.00. The number of aromatic hydroxyl groups is 1. The molecule has 0 saturated carbocycles. The average molecular weight is 345 g/mol. The fourth-order valence-electron chi connectivity index (χ4n) is 2.24. The van der Waals surface area contributed by atoms with Gasteiger partial charge in [-0.2, -0.15) is 0 Å². The first kappa shape index (κ1) is 17.8. The van der Waals surface area contributed by atoms with Gasteiger partial charge in [-0.15, -0.1) is 0 Å². The molecule has 24 heavy (non-hydrogen) atoms. The van der Waals surface area contributed by atoms with E-state index in [1.54, 1.807) is 43.3 Å². The van der Waals surface area contributed by atoms with Crippen molar-refractivity contribution < 1.29 is 19.4 Å². The van der Waals surface area contributed by atoms with E-state index in [0.29, 0.717) is 21.9 Å². The summed E-state index contributed by atoms with van der Waals surface area (Å²) in [7, 11) is 1.45. The molecule has 0 bridgehead atoms. The first-order chi connectivity index (χ1) is 11.4. The minimum atomic E-state index is -0.304. The van der Waals surface area contributed by atoms with E-state index < -0.39 is 0 Å². The van der Waals surface area contributed by atoms with Crippen molar-refractivity contribution in [1.29, 1.82) is 0 Å². The Morgan fingerprint density at radius 3 is 2.62 bits per heavy atom. The van der Waals surface area contributed by atoms with Gasteiger partial charge in [0.25, 0.3) is 0 Å². The Kier molecular flexibility index (Phi) is 5.77.